The fraction of sp³-hybridized carbons (Fsp3) is 0.300. The van der Waals surface area contributed by atoms with E-state index in [4.69, 9.17) is 14.2 Å². The van der Waals surface area contributed by atoms with Crippen LogP contribution >= 0.6 is 0 Å². The van der Waals surface area contributed by atoms with E-state index in [2.05, 4.69) is 0 Å². The summed E-state index contributed by atoms with van der Waals surface area (Å²) in [6, 6.07) is 16.6. The van der Waals surface area contributed by atoms with Gasteiger partial charge in [0.25, 0.3) is 0 Å². The maximum Gasteiger partial charge on any atom is 0.338 e. The van der Waals surface area contributed by atoms with E-state index in [1.165, 1.54) is 6.92 Å². The molecule has 7 heteroatoms. The zero-order valence-corrected chi connectivity index (χ0v) is 14.6. The number of carbonyl (C=O) groups excluding carboxylic acids is 2. The quantitative estimate of drug-likeness (QED) is 0.768. The number of carbonyl (C=O) groups is 2. The van der Waals surface area contributed by atoms with Gasteiger partial charge in [-0.15, -0.1) is 0 Å². The number of benzene rings is 2. The normalized spacial score (nSPS) is 27.1. The molecule has 1 aliphatic heterocycles. The Labute approximate surface area is 156 Å². The van der Waals surface area contributed by atoms with Gasteiger partial charge in [-0.3, -0.25) is 0 Å². The van der Waals surface area contributed by atoms with Gasteiger partial charge in [0, 0.05) is 0 Å². The standard InChI is InChI=1S/C20H20O7/c1-20(24)16(27-18(22)14-10-6-3-7-11-14)15(26-19(20)23)12-25-17(21)13-8-4-2-5-9-13/h2-11,15-16,19,23-24H,12H2,1H3/t15?,16-,19?,20-/m1/s1. The molecule has 1 saturated heterocycles. The van der Waals surface area contributed by atoms with Crippen LogP contribution in [0, 0.1) is 0 Å². The second-order valence-corrected chi connectivity index (χ2v) is 6.41. The highest BCUT2D eigenvalue weighted by Gasteiger charge is 2.55. The number of hydrogen-bond acceptors (Lipinski definition) is 7. The van der Waals surface area contributed by atoms with E-state index in [0.717, 1.165) is 0 Å². The number of esters is 2. The number of rotatable bonds is 5. The van der Waals surface area contributed by atoms with Gasteiger partial charge in [-0.25, -0.2) is 9.59 Å². The summed E-state index contributed by atoms with van der Waals surface area (Å²) in [4.78, 5) is 24.4. The molecule has 2 unspecified atom stereocenters. The number of ether oxygens (including phenoxy) is 3. The molecule has 27 heavy (non-hydrogen) atoms. The zero-order valence-electron chi connectivity index (χ0n) is 14.6. The minimum absolute atomic E-state index is 0.287. The molecule has 2 N–H and O–H groups in total. The van der Waals surface area contributed by atoms with Crippen LogP contribution in [0.15, 0.2) is 60.7 Å². The summed E-state index contributed by atoms with van der Waals surface area (Å²) in [6.45, 7) is 0.993. The summed E-state index contributed by atoms with van der Waals surface area (Å²) < 4.78 is 15.8. The molecule has 0 spiro atoms. The molecule has 0 radical (unpaired) electrons. The van der Waals surface area contributed by atoms with Crippen LogP contribution < -0.4 is 0 Å². The fourth-order valence-electron chi connectivity index (χ4n) is 2.79. The lowest BCUT2D eigenvalue weighted by molar-refractivity contribution is -0.170. The lowest BCUT2D eigenvalue weighted by Crippen LogP contribution is -2.48. The molecule has 0 amide bonds. The van der Waals surface area contributed by atoms with E-state index < -0.39 is 36.0 Å². The van der Waals surface area contributed by atoms with Gasteiger partial charge < -0.3 is 24.4 Å². The topological polar surface area (TPSA) is 102 Å². The van der Waals surface area contributed by atoms with E-state index in [0.29, 0.717) is 5.56 Å². The highest BCUT2D eigenvalue weighted by Crippen LogP contribution is 2.33. The predicted molar refractivity (Wildman–Crippen MR) is 93.9 cm³/mol. The van der Waals surface area contributed by atoms with Crippen molar-refractivity contribution in [1.29, 1.82) is 0 Å². The first-order chi connectivity index (χ1) is 12.9. The first kappa shape index (κ1) is 19.0. The van der Waals surface area contributed by atoms with Crippen molar-refractivity contribution in [3.63, 3.8) is 0 Å². The van der Waals surface area contributed by atoms with E-state index in [9.17, 15) is 19.8 Å². The van der Waals surface area contributed by atoms with Crippen molar-refractivity contribution in [2.75, 3.05) is 6.61 Å². The Hall–Kier alpha value is -2.74. The maximum atomic E-state index is 12.3. The Kier molecular flexibility index (Phi) is 5.55. The Morgan fingerprint density at radius 2 is 1.52 bits per heavy atom. The third kappa shape index (κ3) is 4.16. The lowest BCUT2D eigenvalue weighted by Gasteiger charge is -2.27. The van der Waals surface area contributed by atoms with Gasteiger partial charge in [0.05, 0.1) is 11.1 Å². The summed E-state index contributed by atoms with van der Waals surface area (Å²) in [5.41, 5.74) is -1.22. The Bertz CT molecular complexity index is 788. The van der Waals surface area contributed by atoms with Gasteiger partial charge in [-0.05, 0) is 31.2 Å². The predicted octanol–water partition coefficient (Wildman–Crippen LogP) is 1.54. The molecule has 0 aromatic heterocycles. The first-order valence-electron chi connectivity index (χ1n) is 8.43. The fourth-order valence-corrected chi connectivity index (χ4v) is 2.79. The summed E-state index contributed by atoms with van der Waals surface area (Å²) in [5, 5.41) is 20.4. The Morgan fingerprint density at radius 1 is 1.00 bits per heavy atom. The molecule has 2 aromatic rings. The van der Waals surface area contributed by atoms with Crippen LogP contribution in [0.1, 0.15) is 27.6 Å². The first-order valence-corrected chi connectivity index (χ1v) is 8.43. The molecule has 3 rings (SSSR count). The molecule has 1 heterocycles. The zero-order chi connectivity index (χ0) is 19.4. The van der Waals surface area contributed by atoms with Crippen LogP contribution in [-0.4, -0.2) is 52.9 Å². The van der Waals surface area contributed by atoms with Gasteiger partial charge in [-0.1, -0.05) is 36.4 Å². The second-order valence-electron chi connectivity index (χ2n) is 6.41. The smallest absolute Gasteiger partial charge is 0.338 e. The van der Waals surface area contributed by atoms with Crippen molar-refractivity contribution in [2.45, 2.75) is 31.0 Å². The summed E-state index contributed by atoms with van der Waals surface area (Å²) in [5.74, 6) is -1.27. The highest BCUT2D eigenvalue weighted by atomic mass is 16.7. The van der Waals surface area contributed by atoms with Crippen molar-refractivity contribution in [3.05, 3.63) is 71.8 Å². The van der Waals surface area contributed by atoms with Crippen molar-refractivity contribution in [3.8, 4) is 0 Å². The Morgan fingerprint density at radius 3 is 2.07 bits per heavy atom. The lowest BCUT2D eigenvalue weighted by atomic mass is 9.97. The molecule has 0 bridgehead atoms. The monoisotopic (exact) mass is 372 g/mol. The molecule has 0 aliphatic carbocycles. The van der Waals surface area contributed by atoms with Crippen LogP contribution in [0.4, 0.5) is 0 Å². The number of hydrogen-bond donors (Lipinski definition) is 2. The average Bonchev–Trinajstić information content (AvgIpc) is 2.90. The molecular weight excluding hydrogens is 352 g/mol. The van der Waals surface area contributed by atoms with Crippen molar-refractivity contribution < 1.29 is 34.0 Å². The van der Waals surface area contributed by atoms with Crippen molar-refractivity contribution in [1.82, 2.24) is 0 Å². The summed E-state index contributed by atoms with van der Waals surface area (Å²) in [7, 11) is 0. The van der Waals surface area contributed by atoms with Crippen LogP contribution in [0.5, 0.6) is 0 Å². The molecule has 142 valence electrons. The maximum absolute atomic E-state index is 12.3. The molecule has 2 aromatic carbocycles. The van der Waals surface area contributed by atoms with Gasteiger partial charge in [0.1, 0.15) is 12.7 Å². The van der Waals surface area contributed by atoms with E-state index in [-0.39, 0.29) is 12.2 Å². The largest absolute Gasteiger partial charge is 0.459 e. The third-order valence-corrected chi connectivity index (χ3v) is 4.35. The van der Waals surface area contributed by atoms with E-state index in [1.54, 1.807) is 60.7 Å². The van der Waals surface area contributed by atoms with Crippen LogP contribution in [-0.2, 0) is 14.2 Å². The average molecular weight is 372 g/mol. The molecule has 4 atom stereocenters. The van der Waals surface area contributed by atoms with E-state index in [1.807, 2.05) is 0 Å². The third-order valence-electron chi connectivity index (χ3n) is 4.35. The Balaban J connectivity index is 1.69. The van der Waals surface area contributed by atoms with E-state index >= 15 is 0 Å². The molecule has 1 aliphatic rings. The van der Waals surface area contributed by atoms with Gasteiger partial charge in [-0.2, -0.15) is 0 Å². The highest BCUT2D eigenvalue weighted by molar-refractivity contribution is 5.90. The number of aliphatic hydroxyl groups excluding tert-OH is 1. The van der Waals surface area contributed by atoms with Gasteiger partial charge in [0.15, 0.2) is 18.0 Å². The summed E-state index contributed by atoms with van der Waals surface area (Å²) >= 11 is 0. The molecule has 7 nitrogen and oxygen atoms in total. The minimum atomic E-state index is -1.85. The molecular formula is C20H20O7. The SMILES string of the molecule is C[C@]1(O)C(O)OC(COC(=O)c2ccccc2)[C@H]1OC(=O)c1ccccc1. The molecule has 1 fully saturated rings. The minimum Gasteiger partial charge on any atom is -0.459 e. The molecule has 0 saturated carbocycles. The van der Waals surface area contributed by atoms with Crippen LogP contribution in [0.2, 0.25) is 0 Å². The van der Waals surface area contributed by atoms with Crippen molar-refractivity contribution in [2.24, 2.45) is 0 Å². The number of aliphatic hydroxyl groups is 2. The van der Waals surface area contributed by atoms with Gasteiger partial charge in [0.2, 0.25) is 0 Å². The summed E-state index contributed by atoms with van der Waals surface area (Å²) in [6.07, 6.45) is -3.83. The van der Waals surface area contributed by atoms with Crippen LogP contribution in [0.3, 0.4) is 0 Å². The van der Waals surface area contributed by atoms with Crippen molar-refractivity contribution >= 4 is 11.9 Å². The van der Waals surface area contributed by atoms with Gasteiger partial charge >= 0.3 is 11.9 Å². The van der Waals surface area contributed by atoms with Crippen LogP contribution in [0.25, 0.3) is 0 Å². The second kappa shape index (κ2) is 7.87.